The normalized spacial score (nSPS) is 12.0. The monoisotopic (exact) mass is 473 g/mol. The number of nitrogens with zero attached hydrogens (tertiary/aromatic N) is 1. The molecule has 1 aromatic heterocycles. The fourth-order valence-corrected chi connectivity index (χ4v) is 9.86. The van der Waals surface area contributed by atoms with Crippen LogP contribution in [0.25, 0.3) is 10.4 Å². The Hall–Kier alpha value is -3.06. The predicted molar refractivity (Wildman–Crippen MR) is 139 cm³/mol. The molecule has 6 heteroatoms. The molecule has 0 saturated carbocycles. The lowest BCUT2D eigenvalue weighted by molar-refractivity contribution is -0.384. The summed E-state index contributed by atoms with van der Waals surface area (Å²) < 4.78 is 7.01. The third kappa shape index (κ3) is 4.69. The number of nitro benzene ring substituents is 1. The minimum atomic E-state index is -2.59. The number of thiophene rings is 1. The standard InChI is InChI=1S/C27H27NO3SSi/c1-27(2,3)33(24-10-6-4-7-11-24,25-12-8-5-9-13-25)31-20-23-18-19-26(32-23)21-14-16-22(17-15-21)28(29)30/h4-19H,20H2,1-3H3. The molecule has 0 aliphatic carbocycles. The molecule has 0 aliphatic heterocycles. The average molecular weight is 474 g/mol. The average Bonchev–Trinajstić information content (AvgIpc) is 3.29. The first kappa shape index (κ1) is 23.1. The molecular weight excluding hydrogens is 446 g/mol. The molecule has 0 unspecified atom stereocenters. The Balaban J connectivity index is 1.67. The lowest BCUT2D eigenvalue weighted by atomic mass is 10.2. The van der Waals surface area contributed by atoms with E-state index >= 15 is 0 Å². The number of hydrogen-bond acceptors (Lipinski definition) is 4. The van der Waals surface area contributed by atoms with E-state index in [2.05, 4.69) is 81.4 Å². The van der Waals surface area contributed by atoms with Crippen molar-refractivity contribution in [3.63, 3.8) is 0 Å². The molecule has 0 aliphatic rings. The molecule has 0 amide bonds. The van der Waals surface area contributed by atoms with Gasteiger partial charge in [0, 0.05) is 21.9 Å². The zero-order valence-electron chi connectivity index (χ0n) is 19.0. The van der Waals surface area contributed by atoms with Crippen molar-refractivity contribution in [1.82, 2.24) is 0 Å². The van der Waals surface area contributed by atoms with Crippen molar-refractivity contribution >= 4 is 35.7 Å². The van der Waals surface area contributed by atoms with Crippen molar-refractivity contribution in [3.05, 3.63) is 112 Å². The van der Waals surface area contributed by atoms with Gasteiger partial charge in [-0.15, -0.1) is 11.3 Å². The SMILES string of the molecule is CC(C)(C)[Si](OCc1ccc(-c2ccc([N+](=O)[O-])cc2)s1)(c1ccccc1)c1ccccc1. The van der Waals surface area contributed by atoms with Gasteiger partial charge in [0.25, 0.3) is 14.0 Å². The second-order valence-corrected chi connectivity index (χ2v) is 14.5. The van der Waals surface area contributed by atoms with Crippen molar-refractivity contribution in [3.8, 4) is 10.4 Å². The Morgan fingerprint density at radius 1 is 0.818 bits per heavy atom. The topological polar surface area (TPSA) is 52.4 Å². The Bertz CT molecular complexity index is 1180. The summed E-state index contributed by atoms with van der Waals surface area (Å²) in [6, 6.07) is 32.1. The summed E-state index contributed by atoms with van der Waals surface area (Å²) in [6.07, 6.45) is 0. The molecule has 0 bridgehead atoms. The van der Waals surface area contributed by atoms with Gasteiger partial charge in [-0.05, 0) is 45.2 Å². The highest BCUT2D eigenvalue weighted by Crippen LogP contribution is 2.38. The van der Waals surface area contributed by atoms with Gasteiger partial charge >= 0.3 is 0 Å². The van der Waals surface area contributed by atoms with Crippen molar-refractivity contribution in [2.24, 2.45) is 0 Å². The first-order chi connectivity index (χ1) is 15.8. The highest BCUT2D eigenvalue weighted by Gasteiger charge is 2.50. The van der Waals surface area contributed by atoms with E-state index in [0.717, 1.165) is 15.3 Å². The molecule has 0 N–H and O–H groups in total. The highest BCUT2D eigenvalue weighted by atomic mass is 32.1. The maximum Gasteiger partial charge on any atom is 0.269 e. The fourth-order valence-electron chi connectivity index (χ4n) is 4.30. The van der Waals surface area contributed by atoms with Crippen LogP contribution in [-0.2, 0) is 11.0 Å². The van der Waals surface area contributed by atoms with Crippen LogP contribution in [0.1, 0.15) is 25.6 Å². The number of non-ortho nitro benzene ring substituents is 1. The fraction of sp³-hybridized carbons (Fsp3) is 0.185. The molecule has 4 nitrogen and oxygen atoms in total. The summed E-state index contributed by atoms with van der Waals surface area (Å²) in [5.41, 5.74) is 1.08. The number of nitro groups is 1. The first-order valence-corrected chi connectivity index (χ1v) is 13.6. The van der Waals surface area contributed by atoms with Crippen LogP contribution >= 0.6 is 11.3 Å². The minimum Gasteiger partial charge on any atom is -0.402 e. The van der Waals surface area contributed by atoms with E-state index in [1.165, 1.54) is 10.4 Å². The maximum atomic E-state index is 10.9. The van der Waals surface area contributed by atoms with E-state index in [9.17, 15) is 10.1 Å². The van der Waals surface area contributed by atoms with Crippen LogP contribution < -0.4 is 10.4 Å². The number of benzene rings is 3. The highest BCUT2D eigenvalue weighted by molar-refractivity contribution is 7.15. The largest absolute Gasteiger partial charge is 0.402 e. The van der Waals surface area contributed by atoms with Crippen LogP contribution in [0.2, 0.25) is 5.04 Å². The summed E-state index contributed by atoms with van der Waals surface area (Å²) >= 11 is 1.67. The van der Waals surface area contributed by atoms with Gasteiger partial charge in [0.2, 0.25) is 0 Å². The molecular formula is C27H27NO3SSi. The maximum absolute atomic E-state index is 10.9. The molecule has 0 saturated heterocycles. The lowest BCUT2D eigenvalue weighted by Gasteiger charge is -2.43. The van der Waals surface area contributed by atoms with Gasteiger partial charge in [-0.1, -0.05) is 81.4 Å². The zero-order valence-corrected chi connectivity index (χ0v) is 20.8. The van der Waals surface area contributed by atoms with Gasteiger partial charge in [-0.25, -0.2) is 0 Å². The van der Waals surface area contributed by atoms with Gasteiger partial charge in [0.1, 0.15) is 0 Å². The Kier molecular flexibility index (Phi) is 6.60. The predicted octanol–water partition coefficient (Wildman–Crippen LogP) is 6.40. The van der Waals surface area contributed by atoms with Crippen LogP contribution in [0.15, 0.2) is 97.1 Å². The molecule has 168 valence electrons. The third-order valence-electron chi connectivity index (χ3n) is 5.87. The zero-order chi connectivity index (χ0) is 23.5. The molecule has 4 aromatic rings. The second-order valence-electron chi connectivity index (χ2n) is 9.02. The van der Waals surface area contributed by atoms with Gasteiger partial charge in [-0.3, -0.25) is 10.1 Å². The van der Waals surface area contributed by atoms with Gasteiger partial charge in [0.05, 0.1) is 11.5 Å². The van der Waals surface area contributed by atoms with E-state index in [1.54, 1.807) is 35.6 Å². The van der Waals surface area contributed by atoms with E-state index < -0.39 is 8.32 Å². The van der Waals surface area contributed by atoms with E-state index in [-0.39, 0.29) is 15.6 Å². The second kappa shape index (κ2) is 9.43. The van der Waals surface area contributed by atoms with Crippen LogP contribution in [0, 0.1) is 10.1 Å². The van der Waals surface area contributed by atoms with E-state index in [1.807, 2.05) is 12.1 Å². The van der Waals surface area contributed by atoms with E-state index in [4.69, 9.17) is 4.43 Å². The smallest absolute Gasteiger partial charge is 0.269 e. The third-order valence-corrected chi connectivity index (χ3v) is 12.0. The molecule has 0 atom stereocenters. The molecule has 1 heterocycles. The molecule has 0 radical (unpaired) electrons. The first-order valence-electron chi connectivity index (χ1n) is 10.9. The summed E-state index contributed by atoms with van der Waals surface area (Å²) in [5, 5.41) is 13.4. The Morgan fingerprint density at radius 2 is 1.36 bits per heavy atom. The quantitative estimate of drug-likeness (QED) is 0.177. The van der Waals surface area contributed by atoms with Crippen LogP contribution in [0.5, 0.6) is 0 Å². The van der Waals surface area contributed by atoms with Crippen LogP contribution in [0.4, 0.5) is 5.69 Å². The summed E-state index contributed by atoms with van der Waals surface area (Å²) in [7, 11) is -2.59. The van der Waals surface area contributed by atoms with Crippen LogP contribution in [0.3, 0.4) is 0 Å². The Morgan fingerprint density at radius 3 is 1.85 bits per heavy atom. The molecule has 33 heavy (non-hydrogen) atoms. The summed E-state index contributed by atoms with van der Waals surface area (Å²) in [6.45, 7) is 7.34. The molecule has 4 rings (SSSR count). The van der Waals surface area contributed by atoms with Crippen molar-refractivity contribution < 1.29 is 9.35 Å². The summed E-state index contributed by atoms with van der Waals surface area (Å²) in [4.78, 5) is 12.8. The van der Waals surface area contributed by atoms with Crippen molar-refractivity contribution in [2.75, 3.05) is 0 Å². The number of hydrogen-bond donors (Lipinski definition) is 0. The van der Waals surface area contributed by atoms with Gasteiger partial charge in [0.15, 0.2) is 0 Å². The molecule has 0 fully saturated rings. The van der Waals surface area contributed by atoms with E-state index in [0.29, 0.717) is 6.61 Å². The molecule has 0 spiro atoms. The minimum absolute atomic E-state index is 0.0752. The van der Waals surface area contributed by atoms with Crippen LogP contribution in [-0.4, -0.2) is 13.2 Å². The summed E-state index contributed by atoms with van der Waals surface area (Å²) in [5.74, 6) is 0. The van der Waals surface area contributed by atoms with Crippen molar-refractivity contribution in [2.45, 2.75) is 32.4 Å². The number of rotatable bonds is 7. The van der Waals surface area contributed by atoms with Gasteiger partial charge in [-0.2, -0.15) is 0 Å². The van der Waals surface area contributed by atoms with Crippen molar-refractivity contribution in [1.29, 1.82) is 0 Å². The molecule has 3 aromatic carbocycles. The lowest BCUT2D eigenvalue weighted by Crippen LogP contribution is -2.66. The Labute approximate surface area is 199 Å². The van der Waals surface area contributed by atoms with Gasteiger partial charge < -0.3 is 4.43 Å².